The third-order valence-electron chi connectivity index (χ3n) is 6.18. The summed E-state index contributed by atoms with van der Waals surface area (Å²) in [6.07, 6.45) is 8.21. The third-order valence-corrected chi connectivity index (χ3v) is 6.71. The Morgan fingerprint density at radius 1 is 1.19 bits per heavy atom. The van der Waals surface area contributed by atoms with Gasteiger partial charge in [0, 0.05) is 39.7 Å². The molecule has 0 aliphatic heterocycles. The number of fused-ring (bicyclic) bond motifs is 1. The van der Waals surface area contributed by atoms with Gasteiger partial charge < -0.3 is 9.88 Å². The molecule has 3 aromatic rings. The zero-order valence-electron chi connectivity index (χ0n) is 17.6. The molecule has 0 unspecified atom stereocenters. The summed E-state index contributed by atoms with van der Waals surface area (Å²) in [7, 11) is 0. The van der Waals surface area contributed by atoms with E-state index >= 15 is 0 Å². The molecule has 1 aliphatic carbocycles. The van der Waals surface area contributed by atoms with Crippen molar-refractivity contribution in [3.63, 3.8) is 0 Å². The number of rotatable bonds is 5. The number of carbonyl (C=O) groups is 1. The number of halogens is 1. The first-order valence-corrected chi connectivity index (χ1v) is 11.6. The standard InChI is InChI=1S/C26H26BrN3O/c1-18-6-2-4-8-24(18)29-26(31)20(15-28)14-21-17-30(25-9-5-3-7-23(21)25)16-19-10-12-22(27)13-11-19/h3,5,7,9-14,17-18,24H,2,4,6,8,16H2,1H3,(H,29,31)/b20-14+/t18-,24+/m1/s1. The Morgan fingerprint density at radius 2 is 1.94 bits per heavy atom. The van der Waals surface area contributed by atoms with E-state index in [1.54, 1.807) is 6.08 Å². The van der Waals surface area contributed by atoms with Gasteiger partial charge in [-0.1, -0.05) is 66.0 Å². The zero-order chi connectivity index (χ0) is 21.8. The fourth-order valence-corrected chi connectivity index (χ4v) is 4.65. The molecular weight excluding hydrogens is 450 g/mol. The van der Waals surface area contributed by atoms with E-state index in [2.05, 4.69) is 57.0 Å². The minimum atomic E-state index is -0.272. The van der Waals surface area contributed by atoms with Crippen LogP contribution in [0.2, 0.25) is 0 Å². The van der Waals surface area contributed by atoms with Crippen LogP contribution in [-0.2, 0) is 11.3 Å². The molecule has 4 nitrogen and oxygen atoms in total. The summed E-state index contributed by atoms with van der Waals surface area (Å²) in [5, 5.41) is 13.8. The van der Waals surface area contributed by atoms with Crippen molar-refractivity contribution >= 4 is 38.8 Å². The summed E-state index contributed by atoms with van der Waals surface area (Å²) in [4.78, 5) is 12.8. The average Bonchev–Trinajstić information content (AvgIpc) is 3.12. The molecule has 1 heterocycles. The highest BCUT2D eigenvalue weighted by atomic mass is 79.9. The Morgan fingerprint density at radius 3 is 2.68 bits per heavy atom. The van der Waals surface area contributed by atoms with Crippen LogP contribution >= 0.6 is 15.9 Å². The van der Waals surface area contributed by atoms with Crippen molar-refractivity contribution in [2.45, 2.75) is 45.2 Å². The Balaban J connectivity index is 1.63. The lowest BCUT2D eigenvalue weighted by Gasteiger charge is -2.29. The molecule has 4 rings (SSSR count). The number of aromatic nitrogens is 1. The lowest BCUT2D eigenvalue weighted by molar-refractivity contribution is -0.118. The second-order valence-electron chi connectivity index (χ2n) is 8.37. The van der Waals surface area contributed by atoms with E-state index in [1.165, 1.54) is 12.0 Å². The van der Waals surface area contributed by atoms with E-state index in [-0.39, 0.29) is 17.5 Å². The van der Waals surface area contributed by atoms with Gasteiger partial charge in [-0.25, -0.2) is 0 Å². The number of nitriles is 1. The maximum Gasteiger partial charge on any atom is 0.262 e. The van der Waals surface area contributed by atoms with E-state index in [1.807, 2.05) is 36.5 Å². The summed E-state index contributed by atoms with van der Waals surface area (Å²) in [6.45, 7) is 2.89. The van der Waals surface area contributed by atoms with Crippen LogP contribution in [0.25, 0.3) is 17.0 Å². The smallest absolute Gasteiger partial charge is 0.262 e. The van der Waals surface area contributed by atoms with Crippen molar-refractivity contribution in [2.24, 2.45) is 5.92 Å². The van der Waals surface area contributed by atoms with Gasteiger partial charge in [-0.2, -0.15) is 5.26 Å². The van der Waals surface area contributed by atoms with Gasteiger partial charge in [-0.15, -0.1) is 0 Å². The van der Waals surface area contributed by atoms with E-state index in [0.29, 0.717) is 5.92 Å². The zero-order valence-corrected chi connectivity index (χ0v) is 19.2. The van der Waals surface area contributed by atoms with Crippen molar-refractivity contribution < 1.29 is 4.79 Å². The summed E-state index contributed by atoms with van der Waals surface area (Å²) in [5.74, 6) is 0.177. The largest absolute Gasteiger partial charge is 0.348 e. The molecule has 0 spiro atoms. The number of carbonyl (C=O) groups excluding carboxylic acids is 1. The number of amides is 1. The molecule has 0 bridgehead atoms. The van der Waals surface area contributed by atoms with Gasteiger partial charge >= 0.3 is 0 Å². The summed E-state index contributed by atoms with van der Waals surface area (Å²) in [6, 6.07) is 18.6. The van der Waals surface area contributed by atoms with Gasteiger partial charge in [-0.3, -0.25) is 4.79 Å². The minimum Gasteiger partial charge on any atom is -0.348 e. The first-order chi connectivity index (χ1) is 15.0. The molecule has 1 fully saturated rings. The minimum absolute atomic E-state index is 0.150. The highest BCUT2D eigenvalue weighted by Crippen LogP contribution is 2.26. The van der Waals surface area contributed by atoms with Crippen LogP contribution in [0.4, 0.5) is 0 Å². The molecule has 1 aliphatic rings. The second-order valence-corrected chi connectivity index (χ2v) is 9.28. The number of para-hydroxylation sites is 1. The number of hydrogen-bond donors (Lipinski definition) is 1. The molecular formula is C26H26BrN3O. The maximum atomic E-state index is 12.8. The third kappa shape index (κ3) is 4.91. The molecule has 1 saturated carbocycles. The quantitative estimate of drug-likeness (QED) is 0.360. The number of nitrogens with one attached hydrogen (secondary N) is 1. The van der Waals surface area contributed by atoms with E-state index in [9.17, 15) is 10.1 Å². The van der Waals surface area contributed by atoms with Crippen LogP contribution in [0, 0.1) is 17.2 Å². The molecule has 0 radical (unpaired) electrons. The first-order valence-electron chi connectivity index (χ1n) is 10.8. The van der Waals surface area contributed by atoms with Crippen LogP contribution in [0.1, 0.15) is 43.7 Å². The number of hydrogen-bond acceptors (Lipinski definition) is 2. The molecule has 2 atom stereocenters. The number of nitrogens with zero attached hydrogens (tertiary/aromatic N) is 2. The van der Waals surface area contributed by atoms with Crippen LogP contribution in [0.15, 0.2) is 64.8 Å². The highest BCUT2D eigenvalue weighted by molar-refractivity contribution is 9.10. The fraction of sp³-hybridized carbons (Fsp3) is 0.308. The van der Waals surface area contributed by atoms with E-state index in [4.69, 9.17) is 0 Å². The Kier molecular flexibility index (Phi) is 6.58. The SMILES string of the molecule is C[C@@H]1CCCC[C@@H]1NC(=O)/C(C#N)=C/c1cn(Cc2ccc(Br)cc2)c2ccccc12. The molecule has 5 heteroatoms. The Labute approximate surface area is 191 Å². The van der Waals surface area contributed by atoms with Gasteiger partial charge in [0.05, 0.1) is 0 Å². The molecule has 2 aromatic carbocycles. The Bertz CT molecular complexity index is 1150. The van der Waals surface area contributed by atoms with Gasteiger partial charge in [-0.05, 0) is 48.6 Å². The lowest BCUT2D eigenvalue weighted by atomic mass is 9.86. The molecule has 1 amide bonds. The van der Waals surface area contributed by atoms with Crippen molar-refractivity contribution in [3.05, 3.63) is 75.9 Å². The molecule has 0 saturated heterocycles. The van der Waals surface area contributed by atoms with Crippen molar-refractivity contribution in [1.29, 1.82) is 5.26 Å². The summed E-state index contributed by atoms with van der Waals surface area (Å²) in [5.41, 5.74) is 3.31. The Hall–Kier alpha value is -2.84. The summed E-state index contributed by atoms with van der Waals surface area (Å²) >= 11 is 3.48. The summed E-state index contributed by atoms with van der Waals surface area (Å²) < 4.78 is 3.22. The van der Waals surface area contributed by atoms with E-state index < -0.39 is 0 Å². The fourth-order valence-electron chi connectivity index (χ4n) is 4.39. The molecule has 1 N–H and O–H groups in total. The maximum absolute atomic E-state index is 12.8. The predicted octanol–water partition coefficient (Wildman–Crippen LogP) is 6.05. The van der Waals surface area contributed by atoms with Crippen molar-refractivity contribution in [2.75, 3.05) is 0 Å². The normalized spacial score (nSPS) is 19.2. The van der Waals surface area contributed by atoms with Crippen molar-refractivity contribution in [3.8, 4) is 6.07 Å². The molecule has 31 heavy (non-hydrogen) atoms. The average molecular weight is 476 g/mol. The predicted molar refractivity (Wildman–Crippen MR) is 128 cm³/mol. The van der Waals surface area contributed by atoms with E-state index in [0.717, 1.165) is 46.7 Å². The van der Waals surface area contributed by atoms with Gasteiger partial charge in [0.2, 0.25) is 0 Å². The second kappa shape index (κ2) is 9.53. The topological polar surface area (TPSA) is 57.8 Å². The van der Waals surface area contributed by atoms with Crippen molar-refractivity contribution in [1.82, 2.24) is 9.88 Å². The van der Waals surface area contributed by atoms with Crippen LogP contribution < -0.4 is 5.32 Å². The lowest BCUT2D eigenvalue weighted by Crippen LogP contribution is -2.41. The molecule has 1 aromatic heterocycles. The first kappa shape index (κ1) is 21.4. The van der Waals surface area contributed by atoms with Gasteiger partial charge in [0.25, 0.3) is 5.91 Å². The monoisotopic (exact) mass is 475 g/mol. The van der Waals surface area contributed by atoms with Crippen LogP contribution in [0.5, 0.6) is 0 Å². The van der Waals surface area contributed by atoms with Crippen LogP contribution in [-0.4, -0.2) is 16.5 Å². The highest BCUT2D eigenvalue weighted by Gasteiger charge is 2.24. The number of benzene rings is 2. The van der Waals surface area contributed by atoms with Crippen LogP contribution in [0.3, 0.4) is 0 Å². The van der Waals surface area contributed by atoms with Gasteiger partial charge in [0.15, 0.2) is 0 Å². The van der Waals surface area contributed by atoms with Gasteiger partial charge in [0.1, 0.15) is 11.6 Å². The molecule has 158 valence electrons.